The van der Waals surface area contributed by atoms with Crippen LogP contribution in [-0.4, -0.2) is 48.1 Å². The van der Waals surface area contributed by atoms with E-state index in [1.165, 1.54) is 0 Å². The highest BCUT2D eigenvalue weighted by Gasteiger charge is 2.23. The minimum atomic E-state index is -0.0446. The fraction of sp³-hybridized carbons (Fsp3) is 0.800. The molecule has 5 heteroatoms. The van der Waals surface area contributed by atoms with Crippen molar-refractivity contribution in [1.82, 2.24) is 10.2 Å². The summed E-state index contributed by atoms with van der Waals surface area (Å²) in [5.41, 5.74) is 0. The van der Waals surface area contributed by atoms with Crippen LogP contribution in [-0.2, 0) is 9.59 Å². The molecule has 0 bridgehead atoms. The molecule has 1 fully saturated rings. The van der Waals surface area contributed by atoms with Crippen LogP contribution in [0.3, 0.4) is 0 Å². The monoisotopic (exact) mass is 214 g/mol. The van der Waals surface area contributed by atoms with Gasteiger partial charge >= 0.3 is 0 Å². The summed E-state index contributed by atoms with van der Waals surface area (Å²) in [7, 11) is 1.74. The average Bonchev–Trinajstić information content (AvgIpc) is 2.20. The predicted octanol–water partition coefficient (Wildman–Crippen LogP) is -0.504. The molecule has 1 unspecified atom stereocenters. The quantitative estimate of drug-likeness (QED) is 0.662. The van der Waals surface area contributed by atoms with Gasteiger partial charge in [0.05, 0.1) is 0 Å². The van der Waals surface area contributed by atoms with E-state index in [0.29, 0.717) is 32.2 Å². The Labute approximate surface area is 89.4 Å². The number of likely N-dealkylation sites (N-methyl/N-ethyl adjacent to an activating group) is 1. The van der Waals surface area contributed by atoms with Gasteiger partial charge in [-0.3, -0.25) is 9.59 Å². The molecule has 0 spiro atoms. The number of aliphatic hydroxyl groups excluding tert-OH is 1. The fourth-order valence-corrected chi connectivity index (χ4v) is 1.67. The number of hydrogen-bond acceptors (Lipinski definition) is 3. The van der Waals surface area contributed by atoms with Gasteiger partial charge in [0.25, 0.3) is 0 Å². The number of likely N-dealkylation sites (tertiary alicyclic amines) is 1. The molecule has 1 atom stereocenters. The van der Waals surface area contributed by atoms with Gasteiger partial charge in [0.1, 0.15) is 0 Å². The summed E-state index contributed by atoms with van der Waals surface area (Å²) >= 11 is 0. The van der Waals surface area contributed by atoms with E-state index in [1.807, 2.05) is 0 Å². The summed E-state index contributed by atoms with van der Waals surface area (Å²) in [4.78, 5) is 24.1. The summed E-state index contributed by atoms with van der Waals surface area (Å²) < 4.78 is 0. The molecule has 1 rings (SSSR count). The van der Waals surface area contributed by atoms with E-state index in [1.54, 1.807) is 11.9 Å². The van der Waals surface area contributed by atoms with Gasteiger partial charge in [0, 0.05) is 39.1 Å². The van der Waals surface area contributed by atoms with Gasteiger partial charge in [-0.1, -0.05) is 0 Å². The third-order valence-electron chi connectivity index (χ3n) is 2.55. The van der Waals surface area contributed by atoms with Crippen molar-refractivity contribution >= 4 is 11.8 Å². The van der Waals surface area contributed by atoms with Gasteiger partial charge < -0.3 is 15.3 Å². The number of hydrogen-bond donors (Lipinski definition) is 2. The lowest BCUT2D eigenvalue weighted by Gasteiger charge is -2.30. The molecule has 1 aliphatic rings. The molecule has 5 nitrogen and oxygen atoms in total. The van der Waals surface area contributed by atoms with E-state index in [9.17, 15) is 9.59 Å². The molecular weight excluding hydrogens is 196 g/mol. The Hall–Kier alpha value is -1.10. The standard InChI is InChI=1S/C10H18N2O3/c1-12-7-8(4-5-10(12)15)11-9(14)3-2-6-13/h8,13H,2-7H2,1H3,(H,11,14). The highest BCUT2D eigenvalue weighted by Crippen LogP contribution is 2.09. The molecule has 0 aromatic heterocycles. The van der Waals surface area contributed by atoms with Crippen LogP contribution in [0.15, 0.2) is 0 Å². The number of piperidine rings is 1. The second kappa shape index (κ2) is 5.70. The van der Waals surface area contributed by atoms with Crippen molar-refractivity contribution in [1.29, 1.82) is 0 Å². The highest BCUT2D eigenvalue weighted by molar-refractivity contribution is 5.78. The number of amides is 2. The largest absolute Gasteiger partial charge is 0.396 e. The third kappa shape index (κ3) is 3.87. The van der Waals surface area contributed by atoms with Crippen molar-refractivity contribution in [3.8, 4) is 0 Å². The molecule has 2 N–H and O–H groups in total. The maximum Gasteiger partial charge on any atom is 0.222 e. The molecule has 0 aromatic carbocycles. The summed E-state index contributed by atoms with van der Waals surface area (Å²) in [6.07, 6.45) is 2.06. The molecule has 0 radical (unpaired) electrons. The van der Waals surface area contributed by atoms with Crippen molar-refractivity contribution in [3.63, 3.8) is 0 Å². The molecule has 0 aromatic rings. The van der Waals surface area contributed by atoms with Gasteiger partial charge in [0.15, 0.2) is 0 Å². The molecule has 86 valence electrons. The van der Waals surface area contributed by atoms with Gasteiger partial charge in [-0.25, -0.2) is 0 Å². The number of rotatable bonds is 4. The lowest BCUT2D eigenvalue weighted by atomic mass is 10.1. The lowest BCUT2D eigenvalue weighted by Crippen LogP contribution is -2.48. The van der Waals surface area contributed by atoms with Crippen molar-refractivity contribution in [2.75, 3.05) is 20.2 Å². The minimum absolute atomic E-state index is 0.0382. The molecule has 1 saturated heterocycles. The molecule has 0 saturated carbocycles. The third-order valence-corrected chi connectivity index (χ3v) is 2.55. The topological polar surface area (TPSA) is 69.6 Å². The molecule has 15 heavy (non-hydrogen) atoms. The van der Waals surface area contributed by atoms with Crippen LogP contribution < -0.4 is 5.32 Å². The predicted molar refractivity (Wildman–Crippen MR) is 55.1 cm³/mol. The molecule has 0 aliphatic carbocycles. The molecule has 1 heterocycles. The van der Waals surface area contributed by atoms with Crippen LogP contribution in [0.2, 0.25) is 0 Å². The zero-order chi connectivity index (χ0) is 11.3. The van der Waals surface area contributed by atoms with E-state index in [4.69, 9.17) is 5.11 Å². The van der Waals surface area contributed by atoms with Crippen LogP contribution in [0.1, 0.15) is 25.7 Å². The zero-order valence-corrected chi connectivity index (χ0v) is 9.03. The van der Waals surface area contributed by atoms with E-state index in [0.717, 1.165) is 0 Å². The van der Waals surface area contributed by atoms with E-state index in [2.05, 4.69) is 5.32 Å². The van der Waals surface area contributed by atoms with Crippen LogP contribution in [0.25, 0.3) is 0 Å². The van der Waals surface area contributed by atoms with Crippen molar-refractivity contribution in [2.24, 2.45) is 0 Å². The summed E-state index contributed by atoms with van der Waals surface area (Å²) in [5, 5.41) is 11.4. The van der Waals surface area contributed by atoms with Crippen LogP contribution in [0.5, 0.6) is 0 Å². The maximum absolute atomic E-state index is 11.3. The van der Waals surface area contributed by atoms with Gasteiger partial charge in [-0.15, -0.1) is 0 Å². The summed E-state index contributed by atoms with van der Waals surface area (Å²) in [5.74, 6) is 0.0904. The van der Waals surface area contributed by atoms with Gasteiger partial charge in [-0.05, 0) is 12.8 Å². The van der Waals surface area contributed by atoms with Crippen molar-refractivity contribution in [3.05, 3.63) is 0 Å². The van der Waals surface area contributed by atoms with Crippen LogP contribution >= 0.6 is 0 Å². The fourth-order valence-electron chi connectivity index (χ4n) is 1.67. The van der Waals surface area contributed by atoms with Crippen molar-refractivity contribution in [2.45, 2.75) is 31.7 Å². The number of carbonyl (C=O) groups excluding carboxylic acids is 2. The van der Waals surface area contributed by atoms with Crippen LogP contribution in [0.4, 0.5) is 0 Å². The van der Waals surface area contributed by atoms with E-state index < -0.39 is 0 Å². The maximum atomic E-state index is 11.3. The Morgan fingerprint density at radius 2 is 2.40 bits per heavy atom. The first kappa shape index (κ1) is 12.0. The SMILES string of the molecule is CN1CC(NC(=O)CCCO)CCC1=O. The second-order valence-electron chi connectivity index (χ2n) is 3.90. The first-order chi connectivity index (χ1) is 7.13. The summed E-state index contributed by atoms with van der Waals surface area (Å²) in [6, 6.07) is 0.0684. The van der Waals surface area contributed by atoms with Crippen molar-refractivity contribution < 1.29 is 14.7 Å². The summed E-state index contributed by atoms with van der Waals surface area (Å²) in [6.45, 7) is 0.625. The second-order valence-corrected chi connectivity index (χ2v) is 3.90. The van der Waals surface area contributed by atoms with Crippen LogP contribution in [0, 0.1) is 0 Å². The first-order valence-electron chi connectivity index (χ1n) is 5.27. The molecular formula is C10H18N2O3. The Morgan fingerprint density at radius 1 is 1.67 bits per heavy atom. The zero-order valence-electron chi connectivity index (χ0n) is 9.03. The Bertz CT molecular complexity index is 243. The van der Waals surface area contributed by atoms with Gasteiger partial charge in [0.2, 0.25) is 11.8 Å². The van der Waals surface area contributed by atoms with Gasteiger partial charge in [-0.2, -0.15) is 0 Å². The number of carbonyl (C=O) groups is 2. The average molecular weight is 214 g/mol. The number of nitrogens with one attached hydrogen (secondary N) is 1. The minimum Gasteiger partial charge on any atom is -0.396 e. The number of nitrogens with zero attached hydrogens (tertiary/aromatic N) is 1. The van der Waals surface area contributed by atoms with E-state index in [-0.39, 0.29) is 24.5 Å². The molecule has 2 amide bonds. The highest BCUT2D eigenvalue weighted by atomic mass is 16.3. The van der Waals surface area contributed by atoms with E-state index >= 15 is 0 Å². The smallest absolute Gasteiger partial charge is 0.222 e. The molecule has 1 aliphatic heterocycles. The normalized spacial score (nSPS) is 21.6. The lowest BCUT2D eigenvalue weighted by molar-refractivity contribution is -0.134. The number of aliphatic hydroxyl groups is 1. The Kier molecular flexibility index (Phi) is 4.55. The Balaban J connectivity index is 2.27. The Morgan fingerprint density at radius 3 is 3.00 bits per heavy atom. The first-order valence-corrected chi connectivity index (χ1v) is 5.27.